The molecule has 5 nitrogen and oxygen atoms in total. The minimum Gasteiger partial charge on any atom is -0.295 e. The first-order valence-corrected chi connectivity index (χ1v) is 12.1. The first-order chi connectivity index (χ1) is 13.0. The van der Waals surface area contributed by atoms with Crippen LogP contribution in [0.15, 0.2) is 52.1 Å². The van der Waals surface area contributed by atoms with E-state index in [1.165, 1.54) is 4.88 Å². The van der Waals surface area contributed by atoms with Crippen LogP contribution >= 0.6 is 34.3 Å². The molecule has 0 amide bonds. The van der Waals surface area contributed by atoms with Gasteiger partial charge in [-0.1, -0.05) is 17.7 Å². The van der Waals surface area contributed by atoms with Crippen LogP contribution in [0.2, 0.25) is 5.02 Å². The monoisotopic (exact) mass is 439 g/mol. The predicted octanol–water partition coefficient (Wildman–Crippen LogP) is 4.03. The molecule has 3 aromatic rings. The maximum absolute atomic E-state index is 12.8. The van der Waals surface area contributed by atoms with Crippen molar-refractivity contribution in [2.24, 2.45) is 0 Å². The second-order valence-corrected chi connectivity index (χ2v) is 10.4. The molecule has 1 aliphatic rings. The standard InChI is InChI=1S/C18H18ClN3O2S3/c19-14-3-5-16(6-4-14)27(23,24)22-9-7-21(8-10-22)12-15-13-26-18(20-15)17-2-1-11-25-17/h1-6,11,13H,7-10,12H2. The van der Waals surface area contributed by atoms with Crippen LogP contribution in [-0.2, 0) is 16.6 Å². The summed E-state index contributed by atoms with van der Waals surface area (Å²) < 4.78 is 27.1. The lowest BCUT2D eigenvalue weighted by Gasteiger charge is -2.33. The van der Waals surface area contributed by atoms with Crippen molar-refractivity contribution in [1.82, 2.24) is 14.2 Å². The molecule has 0 aliphatic carbocycles. The Labute approximate surface area is 171 Å². The van der Waals surface area contributed by atoms with Gasteiger partial charge in [-0.25, -0.2) is 13.4 Å². The Morgan fingerprint density at radius 3 is 2.44 bits per heavy atom. The van der Waals surface area contributed by atoms with Gasteiger partial charge < -0.3 is 0 Å². The summed E-state index contributed by atoms with van der Waals surface area (Å²) in [5, 5.41) is 5.72. The number of rotatable bonds is 5. The number of thiazole rings is 1. The number of piperazine rings is 1. The molecule has 0 atom stereocenters. The van der Waals surface area contributed by atoms with E-state index in [0.717, 1.165) is 17.2 Å². The smallest absolute Gasteiger partial charge is 0.243 e. The lowest BCUT2D eigenvalue weighted by molar-refractivity contribution is 0.180. The Hall–Kier alpha value is -1.29. The van der Waals surface area contributed by atoms with Crippen molar-refractivity contribution in [2.45, 2.75) is 11.4 Å². The summed E-state index contributed by atoms with van der Waals surface area (Å²) in [6, 6.07) is 10.4. The van der Waals surface area contributed by atoms with Gasteiger partial charge in [0.1, 0.15) is 5.01 Å². The average molecular weight is 440 g/mol. The maximum Gasteiger partial charge on any atom is 0.243 e. The second-order valence-electron chi connectivity index (χ2n) is 6.26. The highest BCUT2D eigenvalue weighted by Crippen LogP contribution is 2.28. The molecule has 4 rings (SSSR count). The minimum atomic E-state index is -3.46. The van der Waals surface area contributed by atoms with E-state index in [-0.39, 0.29) is 0 Å². The van der Waals surface area contributed by atoms with Crippen molar-refractivity contribution in [2.75, 3.05) is 26.2 Å². The average Bonchev–Trinajstić information content (AvgIpc) is 3.34. The molecule has 0 saturated carbocycles. The summed E-state index contributed by atoms with van der Waals surface area (Å²) in [6.07, 6.45) is 0. The van der Waals surface area contributed by atoms with Crippen molar-refractivity contribution in [3.63, 3.8) is 0 Å². The zero-order chi connectivity index (χ0) is 18.9. The Balaban J connectivity index is 1.37. The Morgan fingerprint density at radius 1 is 1.04 bits per heavy atom. The molecule has 0 bridgehead atoms. The topological polar surface area (TPSA) is 53.5 Å². The van der Waals surface area contributed by atoms with Gasteiger partial charge in [0.2, 0.25) is 10.0 Å². The fraction of sp³-hybridized carbons (Fsp3) is 0.278. The van der Waals surface area contributed by atoms with Crippen LogP contribution in [-0.4, -0.2) is 48.8 Å². The van der Waals surface area contributed by atoms with Gasteiger partial charge in [0.15, 0.2) is 0 Å². The molecule has 1 aromatic carbocycles. The molecule has 0 unspecified atom stereocenters. The van der Waals surface area contributed by atoms with Gasteiger partial charge in [-0.05, 0) is 35.7 Å². The third-order valence-electron chi connectivity index (χ3n) is 4.45. The van der Waals surface area contributed by atoms with E-state index in [0.29, 0.717) is 36.1 Å². The van der Waals surface area contributed by atoms with Crippen molar-refractivity contribution in [3.05, 3.63) is 57.9 Å². The summed E-state index contributed by atoms with van der Waals surface area (Å²) in [5.41, 5.74) is 1.04. The fourth-order valence-electron chi connectivity index (χ4n) is 3.01. The van der Waals surface area contributed by atoms with Gasteiger partial charge in [-0.15, -0.1) is 22.7 Å². The van der Waals surface area contributed by atoms with Crippen LogP contribution in [0.1, 0.15) is 5.69 Å². The highest BCUT2D eigenvalue weighted by atomic mass is 35.5. The summed E-state index contributed by atoms with van der Waals surface area (Å²) in [6.45, 7) is 3.09. The minimum absolute atomic E-state index is 0.292. The quantitative estimate of drug-likeness (QED) is 0.602. The lowest BCUT2D eigenvalue weighted by atomic mass is 10.3. The molecule has 9 heteroatoms. The predicted molar refractivity (Wildman–Crippen MR) is 111 cm³/mol. The Bertz CT molecular complexity index is 993. The van der Waals surface area contributed by atoms with E-state index < -0.39 is 10.0 Å². The lowest BCUT2D eigenvalue weighted by Crippen LogP contribution is -2.48. The summed E-state index contributed by atoms with van der Waals surface area (Å²) >= 11 is 9.20. The Morgan fingerprint density at radius 2 is 1.78 bits per heavy atom. The molecule has 3 heterocycles. The third-order valence-corrected chi connectivity index (χ3v) is 8.55. The molecule has 1 fully saturated rings. The molecular formula is C18H18ClN3O2S3. The number of benzene rings is 1. The van der Waals surface area contributed by atoms with E-state index in [2.05, 4.69) is 21.7 Å². The second kappa shape index (κ2) is 7.98. The zero-order valence-electron chi connectivity index (χ0n) is 14.4. The van der Waals surface area contributed by atoms with Crippen molar-refractivity contribution in [3.8, 4) is 9.88 Å². The first kappa shape index (κ1) is 19.0. The molecule has 1 saturated heterocycles. The van der Waals surface area contributed by atoms with Gasteiger partial charge in [-0.2, -0.15) is 4.31 Å². The molecule has 142 valence electrons. The molecular weight excluding hydrogens is 422 g/mol. The number of hydrogen-bond donors (Lipinski definition) is 0. The van der Waals surface area contributed by atoms with Crippen molar-refractivity contribution < 1.29 is 8.42 Å². The SMILES string of the molecule is O=S(=O)(c1ccc(Cl)cc1)N1CCN(Cc2csc(-c3cccs3)n2)CC1. The summed E-state index contributed by atoms with van der Waals surface area (Å²) in [7, 11) is -3.46. The van der Waals surface area contributed by atoms with Crippen LogP contribution in [0.5, 0.6) is 0 Å². The highest BCUT2D eigenvalue weighted by molar-refractivity contribution is 7.89. The van der Waals surface area contributed by atoms with Crippen LogP contribution in [0.3, 0.4) is 0 Å². The van der Waals surface area contributed by atoms with Gasteiger partial charge >= 0.3 is 0 Å². The molecule has 0 N–H and O–H groups in total. The fourth-order valence-corrected chi connectivity index (χ4v) is 6.18. The largest absolute Gasteiger partial charge is 0.295 e. The Kier molecular flexibility index (Phi) is 5.63. The van der Waals surface area contributed by atoms with Crippen LogP contribution < -0.4 is 0 Å². The number of sulfonamides is 1. The van der Waals surface area contributed by atoms with Crippen LogP contribution in [0.25, 0.3) is 9.88 Å². The summed E-state index contributed by atoms with van der Waals surface area (Å²) in [5.74, 6) is 0. The number of aromatic nitrogens is 1. The zero-order valence-corrected chi connectivity index (χ0v) is 17.6. The van der Waals surface area contributed by atoms with Crippen molar-refractivity contribution >= 4 is 44.3 Å². The van der Waals surface area contributed by atoms with Gasteiger partial charge in [-0.3, -0.25) is 4.90 Å². The number of thiophene rings is 1. The van der Waals surface area contributed by atoms with E-state index in [1.807, 2.05) is 6.07 Å². The molecule has 27 heavy (non-hydrogen) atoms. The van der Waals surface area contributed by atoms with Gasteiger partial charge in [0, 0.05) is 43.1 Å². The number of halogens is 1. The highest BCUT2D eigenvalue weighted by Gasteiger charge is 2.28. The van der Waals surface area contributed by atoms with E-state index >= 15 is 0 Å². The molecule has 0 radical (unpaired) electrons. The van der Waals surface area contributed by atoms with E-state index in [4.69, 9.17) is 16.6 Å². The van der Waals surface area contributed by atoms with Crippen LogP contribution in [0.4, 0.5) is 0 Å². The normalized spacial score (nSPS) is 16.6. The summed E-state index contributed by atoms with van der Waals surface area (Å²) in [4.78, 5) is 8.44. The van der Waals surface area contributed by atoms with Gasteiger partial charge in [0.05, 0.1) is 15.5 Å². The van der Waals surface area contributed by atoms with E-state index in [9.17, 15) is 8.42 Å². The first-order valence-electron chi connectivity index (χ1n) is 8.49. The van der Waals surface area contributed by atoms with Crippen molar-refractivity contribution in [1.29, 1.82) is 0 Å². The molecule has 0 spiro atoms. The third kappa shape index (κ3) is 4.26. The molecule has 1 aliphatic heterocycles. The molecule has 2 aromatic heterocycles. The maximum atomic E-state index is 12.8. The van der Waals surface area contributed by atoms with Crippen LogP contribution in [0, 0.1) is 0 Å². The number of hydrogen-bond acceptors (Lipinski definition) is 6. The number of nitrogens with zero attached hydrogens (tertiary/aromatic N) is 3. The van der Waals surface area contributed by atoms with E-state index in [1.54, 1.807) is 51.2 Å². The van der Waals surface area contributed by atoms with Gasteiger partial charge in [0.25, 0.3) is 0 Å².